The number of pyridine rings is 1. The van der Waals surface area contributed by atoms with Crippen molar-refractivity contribution in [2.24, 2.45) is 0 Å². The molecule has 1 aromatic carbocycles. The minimum absolute atomic E-state index is 0.0109. The number of carbonyl (C=O) groups excluding carboxylic acids is 1. The molecule has 1 aromatic heterocycles. The molecule has 1 heterocycles. The molecule has 0 N–H and O–H groups in total. The SMILES string of the molecule is Cc1ccc(S[C@@H](C)C(=O)OCc2nc(Cl)ccc2Cl)cc1. The molecule has 2 rings (SSSR count). The van der Waals surface area contributed by atoms with E-state index in [1.807, 2.05) is 31.2 Å². The number of rotatable bonds is 5. The maximum atomic E-state index is 12.0. The van der Waals surface area contributed by atoms with Crippen molar-refractivity contribution in [1.82, 2.24) is 4.98 Å². The van der Waals surface area contributed by atoms with Crippen molar-refractivity contribution in [3.63, 3.8) is 0 Å². The van der Waals surface area contributed by atoms with Gasteiger partial charge in [0.15, 0.2) is 0 Å². The molecule has 0 radical (unpaired) electrons. The van der Waals surface area contributed by atoms with Crippen LogP contribution < -0.4 is 0 Å². The van der Waals surface area contributed by atoms with E-state index in [1.165, 1.54) is 17.3 Å². The third-order valence-electron chi connectivity index (χ3n) is 2.90. The van der Waals surface area contributed by atoms with Crippen LogP contribution in [-0.2, 0) is 16.1 Å². The molecule has 0 bridgehead atoms. The van der Waals surface area contributed by atoms with Crippen LogP contribution in [0.5, 0.6) is 0 Å². The van der Waals surface area contributed by atoms with Gasteiger partial charge in [-0.2, -0.15) is 0 Å². The van der Waals surface area contributed by atoms with Crippen LogP contribution in [0.4, 0.5) is 0 Å². The number of benzene rings is 1. The Hall–Kier alpha value is -1.23. The van der Waals surface area contributed by atoms with E-state index < -0.39 is 0 Å². The summed E-state index contributed by atoms with van der Waals surface area (Å²) in [6, 6.07) is 11.2. The van der Waals surface area contributed by atoms with Crippen molar-refractivity contribution in [3.8, 4) is 0 Å². The number of carbonyl (C=O) groups is 1. The molecule has 0 aliphatic heterocycles. The van der Waals surface area contributed by atoms with Gasteiger partial charge in [-0.3, -0.25) is 4.79 Å². The van der Waals surface area contributed by atoms with Crippen molar-refractivity contribution in [3.05, 3.63) is 57.8 Å². The van der Waals surface area contributed by atoms with E-state index in [-0.39, 0.29) is 17.8 Å². The lowest BCUT2D eigenvalue weighted by Gasteiger charge is -2.12. The first kappa shape index (κ1) is 17.1. The third kappa shape index (κ3) is 4.90. The quantitative estimate of drug-likeness (QED) is 0.433. The zero-order valence-electron chi connectivity index (χ0n) is 12.2. The summed E-state index contributed by atoms with van der Waals surface area (Å²) in [5.74, 6) is -0.316. The van der Waals surface area contributed by atoms with Gasteiger partial charge in [0.05, 0.1) is 10.7 Å². The van der Waals surface area contributed by atoms with Crippen LogP contribution in [0, 0.1) is 6.92 Å². The fourth-order valence-electron chi connectivity index (χ4n) is 1.68. The van der Waals surface area contributed by atoms with Crippen LogP contribution in [0.3, 0.4) is 0 Å². The van der Waals surface area contributed by atoms with Crippen molar-refractivity contribution in [2.45, 2.75) is 30.6 Å². The molecule has 0 saturated heterocycles. The highest BCUT2D eigenvalue weighted by atomic mass is 35.5. The van der Waals surface area contributed by atoms with E-state index in [1.54, 1.807) is 19.1 Å². The van der Waals surface area contributed by atoms with E-state index >= 15 is 0 Å². The standard InChI is InChI=1S/C16H15Cl2NO2S/c1-10-3-5-12(6-4-10)22-11(2)16(20)21-9-14-13(17)7-8-15(18)19-14/h3-8,11H,9H2,1-2H3/t11-/m0/s1. The minimum Gasteiger partial charge on any atom is -0.458 e. The van der Waals surface area contributed by atoms with E-state index in [0.717, 1.165) is 4.90 Å². The monoisotopic (exact) mass is 355 g/mol. The van der Waals surface area contributed by atoms with Gasteiger partial charge < -0.3 is 4.74 Å². The number of aromatic nitrogens is 1. The highest BCUT2D eigenvalue weighted by Crippen LogP contribution is 2.25. The van der Waals surface area contributed by atoms with Crippen LogP contribution in [0.1, 0.15) is 18.2 Å². The predicted molar refractivity (Wildman–Crippen MR) is 90.6 cm³/mol. The zero-order chi connectivity index (χ0) is 16.1. The fourth-order valence-corrected chi connectivity index (χ4v) is 2.88. The van der Waals surface area contributed by atoms with Gasteiger partial charge in [-0.15, -0.1) is 11.8 Å². The molecule has 0 aliphatic carbocycles. The molecule has 22 heavy (non-hydrogen) atoms. The molecule has 3 nitrogen and oxygen atoms in total. The number of nitrogens with zero attached hydrogens (tertiary/aromatic N) is 1. The summed E-state index contributed by atoms with van der Waals surface area (Å²) < 4.78 is 5.26. The van der Waals surface area contributed by atoms with Crippen LogP contribution in [0.15, 0.2) is 41.3 Å². The molecule has 0 amide bonds. The van der Waals surface area contributed by atoms with Gasteiger partial charge >= 0.3 is 5.97 Å². The Kier molecular flexibility index (Phi) is 6.12. The Balaban J connectivity index is 1.91. The van der Waals surface area contributed by atoms with E-state index in [4.69, 9.17) is 27.9 Å². The lowest BCUT2D eigenvalue weighted by molar-refractivity contribution is -0.144. The third-order valence-corrected chi connectivity index (χ3v) is 4.55. The van der Waals surface area contributed by atoms with Crippen molar-refractivity contribution >= 4 is 40.9 Å². The fraction of sp³-hybridized carbons (Fsp3) is 0.250. The Morgan fingerprint density at radius 1 is 1.23 bits per heavy atom. The summed E-state index contributed by atoms with van der Waals surface area (Å²) in [5.41, 5.74) is 1.64. The lowest BCUT2D eigenvalue weighted by atomic mass is 10.2. The van der Waals surface area contributed by atoms with Crippen molar-refractivity contribution < 1.29 is 9.53 Å². The second kappa shape index (κ2) is 7.86. The first-order chi connectivity index (χ1) is 10.5. The number of hydrogen-bond acceptors (Lipinski definition) is 4. The lowest BCUT2D eigenvalue weighted by Crippen LogP contribution is -2.17. The summed E-state index contributed by atoms with van der Waals surface area (Å²) in [6.45, 7) is 3.84. The number of aryl methyl sites for hydroxylation is 1. The number of hydrogen-bond donors (Lipinski definition) is 0. The maximum absolute atomic E-state index is 12.0. The highest BCUT2D eigenvalue weighted by molar-refractivity contribution is 8.00. The highest BCUT2D eigenvalue weighted by Gasteiger charge is 2.17. The van der Waals surface area contributed by atoms with Gasteiger partial charge in [0, 0.05) is 4.90 Å². The average molecular weight is 356 g/mol. The Labute approximate surface area is 144 Å². The average Bonchev–Trinajstić information content (AvgIpc) is 2.50. The number of ether oxygens (including phenoxy) is 1. The number of esters is 1. The molecule has 116 valence electrons. The predicted octanol–water partition coefficient (Wildman–Crippen LogP) is 4.92. The molecule has 0 unspecified atom stereocenters. The number of thioether (sulfide) groups is 1. The molecular formula is C16H15Cl2NO2S. The zero-order valence-corrected chi connectivity index (χ0v) is 14.5. The van der Waals surface area contributed by atoms with Crippen molar-refractivity contribution in [1.29, 1.82) is 0 Å². The van der Waals surface area contributed by atoms with Crippen LogP contribution >= 0.6 is 35.0 Å². The molecule has 2 aromatic rings. The molecule has 0 saturated carbocycles. The second-order valence-corrected chi connectivity index (χ2v) is 6.95. The van der Waals surface area contributed by atoms with E-state index in [9.17, 15) is 4.79 Å². The maximum Gasteiger partial charge on any atom is 0.319 e. The van der Waals surface area contributed by atoms with Crippen LogP contribution in [0.25, 0.3) is 0 Å². The molecule has 1 atom stereocenters. The minimum atomic E-state index is -0.319. The van der Waals surface area contributed by atoms with Gasteiger partial charge in [-0.25, -0.2) is 4.98 Å². The first-order valence-corrected chi connectivity index (χ1v) is 8.30. The Bertz CT molecular complexity index is 662. The molecular weight excluding hydrogens is 341 g/mol. The molecule has 0 fully saturated rings. The van der Waals surface area contributed by atoms with Gasteiger partial charge in [0.2, 0.25) is 0 Å². The first-order valence-electron chi connectivity index (χ1n) is 6.66. The summed E-state index contributed by atoms with van der Waals surface area (Å²) in [6.07, 6.45) is 0. The van der Waals surface area contributed by atoms with E-state index in [2.05, 4.69) is 4.98 Å². The summed E-state index contributed by atoms with van der Waals surface area (Å²) in [5, 5.41) is 0.425. The summed E-state index contributed by atoms with van der Waals surface area (Å²) >= 11 is 13.2. The van der Waals surface area contributed by atoms with Gasteiger partial charge in [0.1, 0.15) is 17.0 Å². The van der Waals surface area contributed by atoms with Crippen LogP contribution in [0.2, 0.25) is 10.2 Å². The van der Waals surface area contributed by atoms with Gasteiger partial charge in [-0.05, 0) is 38.1 Å². The smallest absolute Gasteiger partial charge is 0.319 e. The number of halogens is 2. The van der Waals surface area contributed by atoms with Gasteiger partial charge in [-0.1, -0.05) is 40.9 Å². The Morgan fingerprint density at radius 3 is 2.59 bits per heavy atom. The summed E-state index contributed by atoms with van der Waals surface area (Å²) in [7, 11) is 0. The molecule has 6 heteroatoms. The van der Waals surface area contributed by atoms with Crippen molar-refractivity contribution in [2.75, 3.05) is 0 Å². The topological polar surface area (TPSA) is 39.2 Å². The Morgan fingerprint density at radius 2 is 1.91 bits per heavy atom. The molecule has 0 aliphatic rings. The molecule has 0 spiro atoms. The normalized spacial score (nSPS) is 12.0. The van der Waals surface area contributed by atoms with Crippen LogP contribution in [-0.4, -0.2) is 16.2 Å². The summed E-state index contributed by atoms with van der Waals surface area (Å²) in [4.78, 5) is 17.1. The van der Waals surface area contributed by atoms with E-state index in [0.29, 0.717) is 15.9 Å². The largest absolute Gasteiger partial charge is 0.458 e. The van der Waals surface area contributed by atoms with Gasteiger partial charge in [0.25, 0.3) is 0 Å². The second-order valence-electron chi connectivity index (χ2n) is 4.74.